The molecule has 2 rings (SSSR count). The van der Waals surface area contributed by atoms with Gasteiger partial charge in [-0.3, -0.25) is 14.4 Å². The summed E-state index contributed by atoms with van der Waals surface area (Å²) in [5.74, 6) is -0.0932. The molecular weight excluding hydrogens is 372 g/mol. The maximum absolute atomic E-state index is 12.4. The monoisotopic (exact) mass is 399 g/mol. The molecule has 0 bridgehead atoms. The van der Waals surface area contributed by atoms with Crippen LogP contribution >= 0.6 is 0 Å². The first-order chi connectivity index (χ1) is 14.0. The van der Waals surface area contributed by atoms with E-state index < -0.39 is 0 Å². The smallest absolute Gasteiger partial charge is 0.279 e. The molecule has 2 aromatic carbocycles. The Morgan fingerprint density at radius 2 is 1.66 bits per heavy atom. The van der Waals surface area contributed by atoms with Crippen molar-refractivity contribution in [3.63, 3.8) is 0 Å². The van der Waals surface area contributed by atoms with Crippen LogP contribution in [-0.2, 0) is 9.59 Å². The fraction of sp³-hybridized carbons (Fsp3) is 0.286. The topological polar surface area (TPSA) is 101 Å². The highest BCUT2D eigenvalue weighted by atomic mass is 16.5. The first-order valence-corrected chi connectivity index (χ1v) is 9.35. The number of carbonyl (C=O) groups is 3. The molecule has 29 heavy (non-hydrogen) atoms. The van der Waals surface area contributed by atoms with Gasteiger partial charge in [-0.25, -0.2) is 0 Å². The molecule has 3 amide bonds. The number of quaternary nitrogens is 1. The first kappa shape index (κ1) is 21.9. The largest absolute Gasteiger partial charge is 0.495 e. The minimum atomic E-state index is -0.235. The number of hydrogen-bond acceptors (Lipinski definition) is 4. The van der Waals surface area contributed by atoms with Crippen LogP contribution in [0.2, 0.25) is 0 Å². The maximum atomic E-state index is 12.4. The number of benzene rings is 2. The van der Waals surface area contributed by atoms with E-state index in [2.05, 4.69) is 16.0 Å². The lowest BCUT2D eigenvalue weighted by molar-refractivity contribution is -0.881. The summed E-state index contributed by atoms with van der Waals surface area (Å²) >= 11 is 0. The summed E-state index contributed by atoms with van der Waals surface area (Å²) < 4.78 is 5.23. The third kappa shape index (κ3) is 6.62. The first-order valence-electron chi connectivity index (χ1n) is 9.35. The average molecular weight is 399 g/mol. The zero-order valence-corrected chi connectivity index (χ0v) is 16.9. The number of anilines is 2. The quantitative estimate of drug-likeness (QED) is 0.494. The number of hydrogen-bond donors (Lipinski definition) is 4. The van der Waals surface area contributed by atoms with E-state index in [9.17, 15) is 14.4 Å². The van der Waals surface area contributed by atoms with Crippen LogP contribution in [0.5, 0.6) is 5.75 Å². The normalized spacial score (nSPS) is 11.3. The minimum absolute atomic E-state index is 0.125. The Balaban J connectivity index is 1.92. The molecule has 8 nitrogen and oxygen atoms in total. The molecule has 0 fully saturated rings. The molecule has 0 saturated carbocycles. The van der Waals surface area contributed by atoms with Crippen molar-refractivity contribution >= 4 is 29.1 Å². The van der Waals surface area contributed by atoms with Crippen LogP contribution in [0, 0.1) is 0 Å². The molecule has 1 atom stereocenters. The summed E-state index contributed by atoms with van der Waals surface area (Å²) in [5, 5.41) is 8.13. The third-order valence-electron chi connectivity index (χ3n) is 4.34. The Kier molecular flexibility index (Phi) is 8.17. The standard InChI is InChI=1S/C21H26N4O4/c1-4-25(14-20(27)24-17-10-5-6-11-18(17)29-3)13-19(26)23-16-9-7-8-15(12-16)21(28)22-2/h5-12H,4,13-14H2,1-3H3,(H,22,28)(H,23,26)(H,24,27)/p+1. The van der Waals surface area contributed by atoms with Crippen molar-refractivity contribution in [1.29, 1.82) is 0 Å². The molecule has 0 saturated heterocycles. The van der Waals surface area contributed by atoms with Crippen molar-refractivity contribution in [2.75, 3.05) is 44.4 Å². The lowest BCUT2D eigenvalue weighted by Crippen LogP contribution is -3.13. The van der Waals surface area contributed by atoms with Gasteiger partial charge in [0.1, 0.15) is 5.75 Å². The molecule has 0 aliphatic carbocycles. The van der Waals surface area contributed by atoms with Crippen LogP contribution in [-0.4, -0.2) is 51.5 Å². The predicted octanol–water partition coefficient (Wildman–Crippen LogP) is 0.537. The zero-order chi connectivity index (χ0) is 21.2. The highest BCUT2D eigenvalue weighted by Crippen LogP contribution is 2.22. The van der Waals surface area contributed by atoms with E-state index in [1.54, 1.807) is 43.4 Å². The zero-order valence-electron chi connectivity index (χ0n) is 16.9. The molecule has 2 aromatic rings. The van der Waals surface area contributed by atoms with Crippen LogP contribution in [0.3, 0.4) is 0 Å². The molecular formula is C21H27N4O4+. The number of likely N-dealkylation sites (N-methyl/N-ethyl adjacent to an activating group) is 1. The van der Waals surface area contributed by atoms with E-state index in [1.165, 1.54) is 7.11 Å². The SMILES string of the molecule is CC[NH+](CC(=O)Nc1cccc(C(=O)NC)c1)CC(=O)Nc1ccccc1OC. The van der Waals surface area contributed by atoms with E-state index in [0.717, 1.165) is 4.90 Å². The Morgan fingerprint density at radius 1 is 0.966 bits per heavy atom. The Bertz CT molecular complexity index is 869. The van der Waals surface area contributed by atoms with Gasteiger partial charge in [-0.05, 0) is 37.3 Å². The number of ether oxygens (including phenoxy) is 1. The van der Waals surface area contributed by atoms with E-state index in [4.69, 9.17) is 4.74 Å². The lowest BCUT2D eigenvalue weighted by atomic mass is 10.2. The van der Waals surface area contributed by atoms with E-state index in [0.29, 0.717) is 29.2 Å². The average Bonchev–Trinajstić information content (AvgIpc) is 2.73. The fourth-order valence-electron chi connectivity index (χ4n) is 2.80. The third-order valence-corrected chi connectivity index (χ3v) is 4.34. The summed E-state index contributed by atoms with van der Waals surface area (Å²) in [7, 11) is 3.09. The van der Waals surface area contributed by atoms with Crippen LogP contribution in [0.25, 0.3) is 0 Å². The Morgan fingerprint density at radius 3 is 2.31 bits per heavy atom. The molecule has 1 unspecified atom stereocenters. The van der Waals surface area contributed by atoms with Gasteiger partial charge in [-0.15, -0.1) is 0 Å². The van der Waals surface area contributed by atoms with Crippen molar-refractivity contribution in [2.45, 2.75) is 6.92 Å². The van der Waals surface area contributed by atoms with Gasteiger partial charge >= 0.3 is 0 Å². The van der Waals surface area contributed by atoms with Crippen molar-refractivity contribution in [2.24, 2.45) is 0 Å². The van der Waals surface area contributed by atoms with Gasteiger partial charge in [0, 0.05) is 18.3 Å². The second-order valence-electron chi connectivity index (χ2n) is 6.41. The second kappa shape index (κ2) is 10.8. The molecule has 0 aliphatic heterocycles. The van der Waals surface area contributed by atoms with Gasteiger partial charge in [0.15, 0.2) is 13.1 Å². The van der Waals surface area contributed by atoms with Gasteiger partial charge in [-0.2, -0.15) is 0 Å². The summed E-state index contributed by atoms with van der Waals surface area (Å²) in [6.45, 7) is 2.77. The number of para-hydroxylation sites is 2. The molecule has 0 radical (unpaired) electrons. The van der Waals surface area contributed by atoms with Crippen molar-refractivity contribution in [3.05, 3.63) is 54.1 Å². The van der Waals surface area contributed by atoms with E-state index in [-0.39, 0.29) is 30.8 Å². The Hall–Kier alpha value is -3.39. The fourth-order valence-corrected chi connectivity index (χ4v) is 2.80. The van der Waals surface area contributed by atoms with Crippen LogP contribution in [0.4, 0.5) is 11.4 Å². The summed E-state index contributed by atoms with van der Waals surface area (Å²) in [6.07, 6.45) is 0. The lowest BCUT2D eigenvalue weighted by Gasteiger charge is -2.17. The van der Waals surface area contributed by atoms with Crippen molar-refractivity contribution in [1.82, 2.24) is 5.32 Å². The van der Waals surface area contributed by atoms with Crippen molar-refractivity contribution in [3.8, 4) is 5.75 Å². The highest BCUT2D eigenvalue weighted by molar-refractivity contribution is 5.97. The van der Waals surface area contributed by atoms with Crippen LogP contribution in [0.1, 0.15) is 17.3 Å². The molecule has 0 aromatic heterocycles. The van der Waals surface area contributed by atoms with Gasteiger partial charge in [0.05, 0.1) is 19.3 Å². The van der Waals surface area contributed by atoms with Crippen LogP contribution < -0.4 is 25.6 Å². The number of rotatable bonds is 9. The number of nitrogens with one attached hydrogen (secondary N) is 4. The molecule has 154 valence electrons. The van der Waals surface area contributed by atoms with Gasteiger partial charge < -0.3 is 25.6 Å². The molecule has 8 heteroatoms. The minimum Gasteiger partial charge on any atom is -0.495 e. The molecule has 0 spiro atoms. The summed E-state index contributed by atoms with van der Waals surface area (Å²) in [4.78, 5) is 37.3. The van der Waals surface area contributed by atoms with E-state index >= 15 is 0 Å². The van der Waals surface area contributed by atoms with Gasteiger partial charge in [0.25, 0.3) is 17.7 Å². The molecule has 0 aliphatic rings. The second-order valence-corrected chi connectivity index (χ2v) is 6.41. The number of methoxy groups -OCH3 is 1. The predicted molar refractivity (Wildman–Crippen MR) is 111 cm³/mol. The maximum Gasteiger partial charge on any atom is 0.279 e. The van der Waals surface area contributed by atoms with Crippen LogP contribution in [0.15, 0.2) is 48.5 Å². The number of carbonyl (C=O) groups excluding carboxylic acids is 3. The summed E-state index contributed by atoms with van der Waals surface area (Å²) in [6, 6.07) is 13.8. The number of amides is 3. The summed E-state index contributed by atoms with van der Waals surface area (Å²) in [5.41, 5.74) is 1.58. The van der Waals surface area contributed by atoms with Crippen molar-refractivity contribution < 1.29 is 24.0 Å². The van der Waals surface area contributed by atoms with E-state index in [1.807, 2.05) is 19.1 Å². The highest BCUT2D eigenvalue weighted by Gasteiger charge is 2.18. The molecule has 0 heterocycles. The van der Waals surface area contributed by atoms with Gasteiger partial charge in [0.2, 0.25) is 0 Å². The Labute approximate surface area is 170 Å². The molecule has 4 N–H and O–H groups in total. The van der Waals surface area contributed by atoms with Gasteiger partial charge in [-0.1, -0.05) is 18.2 Å².